The van der Waals surface area contributed by atoms with Gasteiger partial charge in [-0.25, -0.2) is 4.98 Å². The van der Waals surface area contributed by atoms with E-state index in [2.05, 4.69) is 27.0 Å². The van der Waals surface area contributed by atoms with E-state index in [0.717, 1.165) is 60.3 Å². The quantitative estimate of drug-likeness (QED) is 0.801. The van der Waals surface area contributed by atoms with Crippen LogP contribution in [-0.4, -0.2) is 26.4 Å². The smallest absolute Gasteiger partial charge is 0.255 e. The van der Waals surface area contributed by atoms with E-state index in [1.807, 2.05) is 24.4 Å². The van der Waals surface area contributed by atoms with Gasteiger partial charge in [0, 0.05) is 43.6 Å². The number of H-pyrrole nitrogens is 1. The summed E-state index contributed by atoms with van der Waals surface area (Å²) in [6, 6.07) is 10.3. The lowest BCUT2D eigenvalue weighted by Gasteiger charge is -2.27. The third-order valence-corrected chi connectivity index (χ3v) is 5.18. The molecule has 0 spiro atoms. The number of para-hydroxylation sites is 1. The van der Waals surface area contributed by atoms with Crippen LogP contribution in [0.4, 0.5) is 0 Å². The Kier molecular flexibility index (Phi) is 3.41. The molecular formula is C20H20N4O. The maximum atomic E-state index is 12.5. The first-order valence-corrected chi connectivity index (χ1v) is 8.94. The molecule has 0 saturated heterocycles. The van der Waals surface area contributed by atoms with E-state index < -0.39 is 0 Å². The van der Waals surface area contributed by atoms with Gasteiger partial charge in [0.2, 0.25) is 0 Å². The van der Waals surface area contributed by atoms with Crippen molar-refractivity contribution in [3.05, 3.63) is 69.5 Å². The normalized spacial score (nSPS) is 17.6. The summed E-state index contributed by atoms with van der Waals surface area (Å²) in [5.41, 5.74) is 4.08. The van der Waals surface area contributed by atoms with Crippen LogP contribution in [0.25, 0.3) is 10.9 Å². The summed E-state index contributed by atoms with van der Waals surface area (Å²) in [7, 11) is 0. The second-order valence-electron chi connectivity index (χ2n) is 7.15. The lowest BCUT2D eigenvalue weighted by Crippen LogP contribution is -2.35. The van der Waals surface area contributed by atoms with Gasteiger partial charge in [-0.3, -0.25) is 14.7 Å². The number of aromatic nitrogens is 3. The molecular weight excluding hydrogens is 312 g/mol. The van der Waals surface area contributed by atoms with E-state index in [-0.39, 0.29) is 5.56 Å². The molecule has 5 rings (SSSR count). The standard InChI is InChI=1S/C20H20N4O/c25-20-16-12-24(8-7-18(16)22-19(23-20)14-5-6-14)11-13-9-15-3-1-2-4-17(15)21-10-13/h1-4,9-10,14H,5-8,11-12H2,(H,22,23,25). The molecule has 0 amide bonds. The fourth-order valence-corrected chi connectivity index (χ4v) is 3.65. The molecule has 0 bridgehead atoms. The highest BCUT2D eigenvalue weighted by atomic mass is 16.1. The van der Waals surface area contributed by atoms with Crippen molar-refractivity contribution < 1.29 is 0 Å². The maximum Gasteiger partial charge on any atom is 0.255 e. The molecule has 3 heterocycles. The molecule has 1 N–H and O–H groups in total. The number of aromatic amines is 1. The molecule has 2 aromatic heterocycles. The van der Waals surface area contributed by atoms with Crippen LogP contribution in [0.1, 0.15) is 41.4 Å². The average molecular weight is 332 g/mol. The van der Waals surface area contributed by atoms with Gasteiger partial charge in [-0.1, -0.05) is 18.2 Å². The van der Waals surface area contributed by atoms with Crippen LogP contribution >= 0.6 is 0 Å². The first-order chi connectivity index (χ1) is 12.3. The van der Waals surface area contributed by atoms with Gasteiger partial charge in [0.25, 0.3) is 5.56 Å². The monoisotopic (exact) mass is 332 g/mol. The second kappa shape index (κ2) is 5.77. The lowest BCUT2D eigenvalue weighted by atomic mass is 10.1. The summed E-state index contributed by atoms with van der Waals surface area (Å²) in [5.74, 6) is 1.38. The topological polar surface area (TPSA) is 61.9 Å². The van der Waals surface area contributed by atoms with Crippen molar-refractivity contribution in [2.45, 2.75) is 38.3 Å². The van der Waals surface area contributed by atoms with Crippen molar-refractivity contribution >= 4 is 10.9 Å². The number of benzene rings is 1. The molecule has 0 radical (unpaired) electrons. The van der Waals surface area contributed by atoms with Gasteiger partial charge in [0.15, 0.2) is 0 Å². The number of hydrogen-bond donors (Lipinski definition) is 1. The van der Waals surface area contributed by atoms with E-state index in [9.17, 15) is 4.79 Å². The molecule has 126 valence electrons. The molecule has 0 atom stereocenters. The molecule has 5 heteroatoms. The zero-order valence-corrected chi connectivity index (χ0v) is 14.0. The Hall–Kier alpha value is -2.53. The fraction of sp³-hybridized carbons (Fsp3) is 0.350. The summed E-state index contributed by atoms with van der Waals surface area (Å²) < 4.78 is 0. The van der Waals surface area contributed by atoms with Crippen LogP contribution in [0.15, 0.2) is 41.3 Å². The Labute approximate surface area is 145 Å². The predicted molar refractivity (Wildman–Crippen MR) is 96.4 cm³/mol. The van der Waals surface area contributed by atoms with Crippen LogP contribution in [0.5, 0.6) is 0 Å². The van der Waals surface area contributed by atoms with Gasteiger partial charge in [-0.15, -0.1) is 0 Å². The minimum absolute atomic E-state index is 0.0493. The fourth-order valence-electron chi connectivity index (χ4n) is 3.65. The maximum absolute atomic E-state index is 12.5. The summed E-state index contributed by atoms with van der Waals surface area (Å²) >= 11 is 0. The minimum Gasteiger partial charge on any atom is -0.310 e. The first-order valence-electron chi connectivity index (χ1n) is 8.94. The molecule has 1 fully saturated rings. The van der Waals surface area contributed by atoms with Gasteiger partial charge >= 0.3 is 0 Å². The molecule has 25 heavy (non-hydrogen) atoms. The molecule has 1 aromatic carbocycles. The van der Waals surface area contributed by atoms with E-state index >= 15 is 0 Å². The van der Waals surface area contributed by atoms with E-state index in [1.54, 1.807) is 0 Å². The van der Waals surface area contributed by atoms with Crippen LogP contribution in [0.3, 0.4) is 0 Å². The summed E-state index contributed by atoms with van der Waals surface area (Å²) in [6.07, 6.45) is 5.10. The minimum atomic E-state index is 0.0493. The Morgan fingerprint density at radius 2 is 2.12 bits per heavy atom. The van der Waals surface area contributed by atoms with Crippen molar-refractivity contribution in [1.82, 2.24) is 19.9 Å². The number of fused-ring (bicyclic) bond motifs is 2. The molecule has 3 aromatic rings. The Morgan fingerprint density at radius 3 is 3.00 bits per heavy atom. The van der Waals surface area contributed by atoms with Crippen molar-refractivity contribution in [1.29, 1.82) is 0 Å². The summed E-state index contributed by atoms with van der Waals surface area (Å²) in [5, 5.41) is 1.16. The van der Waals surface area contributed by atoms with Crippen LogP contribution in [0.2, 0.25) is 0 Å². The van der Waals surface area contributed by atoms with Gasteiger partial charge in [0.05, 0.1) is 16.8 Å². The van der Waals surface area contributed by atoms with E-state index in [1.165, 1.54) is 5.56 Å². The SMILES string of the molecule is O=c1[nH]c(C2CC2)nc2c1CN(Cc1cnc3ccccc3c1)CC2. The van der Waals surface area contributed by atoms with E-state index in [4.69, 9.17) is 4.98 Å². The average Bonchev–Trinajstić information content (AvgIpc) is 3.47. The van der Waals surface area contributed by atoms with Gasteiger partial charge in [0.1, 0.15) is 5.82 Å². The van der Waals surface area contributed by atoms with Crippen molar-refractivity contribution in [2.75, 3.05) is 6.54 Å². The highest BCUT2D eigenvalue weighted by Gasteiger charge is 2.29. The molecule has 2 aliphatic rings. The molecule has 1 aliphatic heterocycles. The number of nitrogens with one attached hydrogen (secondary N) is 1. The molecule has 0 unspecified atom stereocenters. The largest absolute Gasteiger partial charge is 0.310 e. The second-order valence-corrected chi connectivity index (χ2v) is 7.15. The third kappa shape index (κ3) is 2.85. The summed E-state index contributed by atoms with van der Waals surface area (Å²) in [4.78, 5) is 27.0. The molecule has 5 nitrogen and oxygen atoms in total. The lowest BCUT2D eigenvalue weighted by molar-refractivity contribution is 0.241. The Morgan fingerprint density at radius 1 is 1.24 bits per heavy atom. The number of rotatable bonds is 3. The van der Waals surface area contributed by atoms with Gasteiger partial charge in [-0.05, 0) is 30.5 Å². The zero-order valence-electron chi connectivity index (χ0n) is 14.0. The Bertz CT molecular complexity index is 1010. The highest BCUT2D eigenvalue weighted by molar-refractivity contribution is 5.78. The summed E-state index contributed by atoms with van der Waals surface area (Å²) in [6.45, 7) is 2.40. The zero-order chi connectivity index (χ0) is 16.8. The highest BCUT2D eigenvalue weighted by Crippen LogP contribution is 2.37. The van der Waals surface area contributed by atoms with Crippen molar-refractivity contribution in [2.24, 2.45) is 0 Å². The molecule has 1 aliphatic carbocycles. The van der Waals surface area contributed by atoms with E-state index in [0.29, 0.717) is 12.5 Å². The number of hydrogen-bond acceptors (Lipinski definition) is 4. The first kappa shape index (κ1) is 14.8. The van der Waals surface area contributed by atoms with Crippen molar-refractivity contribution in [3.8, 4) is 0 Å². The number of pyridine rings is 1. The van der Waals surface area contributed by atoms with Crippen LogP contribution in [0, 0.1) is 0 Å². The third-order valence-electron chi connectivity index (χ3n) is 5.18. The van der Waals surface area contributed by atoms with Crippen LogP contribution < -0.4 is 5.56 Å². The van der Waals surface area contributed by atoms with Crippen LogP contribution in [-0.2, 0) is 19.5 Å². The number of nitrogens with zero attached hydrogens (tertiary/aromatic N) is 3. The van der Waals surface area contributed by atoms with Gasteiger partial charge < -0.3 is 4.98 Å². The Balaban J connectivity index is 1.38. The van der Waals surface area contributed by atoms with Crippen molar-refractivity contribution in [3.63, 3.8) is 0 Å². The van der Waals surface area contributed by atoms with Gasteiger partial charge in [-0.2, -0.15) is 0 Å². The molecule has 1 saturated carbocycles. The predicted octanol–water partition coefficient (Wildman–Crippen LogP) is 2.75.